The van der Waals surface area contributed by atoms with Crippen LogP contribution >= 0.6 is 0 Å². The van der Waals surface area contributed by atoms with Gasteiger partial charge >= 0.3 is 6.36 Å². The van der Waals surface area contributed by atoms with Gasteiger partial charge in [0.15, 0.2) is 0 Å². The van der Waals surface area contributed by atoms with Gasteiger partial charge in [0, 0.05) is 31.7 Å². The second-order valence-corrected chi connectivity index (χ2v) is 6.36. The number of carbonyl (C=O) groups excluding carboxylic acids is 1. The zero-order valence-electron chi connectivity index (χ0n) is 13.3. The fourth-order valence-corrected chi connectivity index (χ4v) is 3.46. The van der Waals surface area contributed by atoms with Gasteiger partial charge in [0.1, 0.15) is 5.75 Å². The minimum atomic E-state index is -4.75. The molecule has 2 heterocycles. The SMILES string of the molecule is O=C1CC[C@]2(CCCO2)CCN1Cc1ccccc1OC(F)(F)F. The van der Waals surface area contributed by atoms with E-state index in [-0.39, 0.29) is 23.8 Å². The molecular weight excluding hydrogens is 323 g/mol. The van der Waals surface area contributed by atoms with E-state index in [1.165, 1.54) is 12.1 Å². The number of ether oxygens (including phenoxy) is 2. The zero-order valence-corrected chi connectivity index (χ0v) is 13.3. The molecule has 0 bridgehead atoms. The highest BCUT2D eigenvalue weighted by molar-refractivity contribution is 5.76. The van der Waals surface area contributed by atoms with Crippen LogP contribution in [0.5, 0.6) is 5.75 Å². The number of halogens is 3. The van der Waals surface area contributed by atoms with Gasteiger partial charge in [-0.3, -0.25) is 4.79 Å². The topological polar surface area (TPSA) is 38.8 Å². The van der Waals surface area contributed by atoms with Gasteiger partial charge in [-0.2, -0.15) is 0 Å². The predicted octanol–water partition coefficient (Wildman–Crippen LogP) is 3.65. The van der Waals surface area contributed by atoms with Gasteiger partial charge in [-0.15, -0.1) is 13.2 Å². The molecule has 132 valence electrons. The third-order valence-electron chi connectivity index (χ3n) is 4.73. The fourth-order valence-electron chi connectivity index (χ4n) is 3.46. The van der Waals surface area contributed by atoms with Gasteiger partial charge in [-0.05, 0) is 31.7 Å². The van der Waals surface area contributed by atoms with Gasteiger partial charge in [0.25, 0.3) is 0 Å². The summed E-state index contributed by atoms with van der Waals surface area (Å²) in [5.41, 5.74) is 0.123. The molecular formula is C17H20F3NO3. The van der Waals surface area contributed by atoms with E-state index < -0.39 is 6.36 Å². The first-order valence-electron chi connectivity index (χ1n) is 8.12. The fraction of sp³-hybridized carbons (Fsp3) is 0.588. The van der Waals surface area contributed by atoms with Crippen LogP contribution in [0.2, 0.25) is 0 Å². The van der Waals surface area contributed by atoms with E-state index in [2.05, 4.69) is 4.74 Å². The molecule has 1 spiro atoms. The standard InChI is InChI=1S/C17H20F3NO3/c18-17(19,20)24-14-5-2-1-4-13(14)12-21-10-9-16(7-3-11-23-16)8-6-15(21)22/h1-2,4-5H,3,6-12H2/t16-/m1/s1. The van der Waals surface area contributed by atoms with Crippen LogP contribution < -0.4 is 4.74 Å². The van der Waals surface area contributed by atoms with Crippen molar-refractivity contribution in [1.29, 1.82) is 0 Å². The highest BCUT2D eigenvalue weighted by atomic mass is 19.4. The number of para-hydroxylation sites is 1. The average Bonchev–Trinajstić information content (AvgIpc) is 2.92. The van der Waals surface area contributed by atoms with Gasteiger partial charge in [0.05, 0.1) is 5.60 Å². The first-order chi connectivity index (χ1) is 11.4. The molecule has 2 fully saturated rings. The van der Waals surface area contributed by atoms with Crippen molar-refractivity contribution in [3.05, 3.63) is 29.8 Å². The average molecular weight is 343 g/mol. The Labute approximate surface area is 138 Å². The van der Waals surface area contributed by atoms with Crippen LogP contribution in [0, 0.1) is 0 Å². The molecule has 0 saturated carbocycles. The number of hydrogen-bond donors (Lipinski definition) is 0. The Balaban J connectivity index is 1.72. The molecule has 0 N–H and O–H groups in total. The second-order valence-electron chi connectivity index (χ2n) is 6.36. The lowest BCUT2D eigenvalue weighted by atomic mass is 9.92. The summed E-state index contributed by atoms with van der Waals surface area (Å²) < 4.78 is 47.5. The predicted molar refractivity (Wildman–Crippen MR) is 80.3 cm³/mol. The molecule has 1 aromatic rings. The first kappa shape index (κ1) is 17.1. The van der Waals surface area contributed by atoms with Crippen LogP contribution in [0.25, 0.3) is 0 Å². The van der Waals surface area contributed by atoms with E-state index in [0.717, 1.165) is 25.9 Å². The molecule has 0 aromatic heterocycles. The maximum absolute atomic E-state index is 12.5. The minimum Gasteiger partial charge on any atom is -0.405 e. The zero-order chi connectivity index (χ0) is 17.2. The van der Waals surface area contributed by atoms with Crippen molar-refractivity contribution in [2.75, 3.05) is 13.2 Å². The maximum atomic E-state index is 12.5. The van der Waals surface area contributed by atoms with Crippen molar-refractivity contribution >= 4 is 5.91 Å². The van der Waals surface area contributed by atoms with E-state index >= 15 is 0 Å². The van der Waals surface area contributed by atoms with E-state index in [4.69, 9.17) is 4.74 Å². The van der Waals surface area contributed by atoms with Gasteiger partial charge in [-0.1, -0.05) is 18.2 Å². The number of carbonyl (C=O) groups is 1. The molecule has 1 aromatic carbocycles. The molecule has 3 rings (SSSR count). The van der Waals surface area contributed by atoms with Crippen molar-refractivity contribution in [1.82, 2.24) is 4.90 Å². The Kier molecular flexibility index (Phi) is 4.71. The summed E-state index contributed by atoms with van der Waals surface area (Å²) >= 11 is 0. The summed E-state index contributed by atoms with van der Waals surface area (Å²) in [5, 5.41) is 0. The van der Waals surface area contributed by atoms with Crippen LogP contribution in [-0.2, 0) is 16.1 Å². The summed E-state index contributed by atoms with van der Waals surface area (Å²) in [7, 11) is 0. The van der Waals surface area contributed by atoms with Crippen molar-refractivity contribution < 1.29 is 27.4 Å². The Hall–Kier alpha value is -1.76. The molecule has 7 heteroatoms. The monoisotopic (exact) mass is 343 g/mol. The van der Waals surface area contributed by atoms with Gasteiger partial charge < -0.3 is 14.4 Å². The van der Waals surface area contributed by atoms with E-state index in [1.54, 1.807) is 17.0 Å². The summed E-state index contributed by atoms with van der Waals surface area (Å²) in [4.78, 5) is 14.0. The molecule has 2 aliphatic heterocycles. The third-order valence-corrected chi connectivity index (χ3v) is 4.73. The minimum absolute atomic E-state index is 0.0517. The molecule has 1 amide bonds. The van der Waals surface area contributed by atoms with Crippen LogP contribution in [0.3, 0.4) is 0 Å². The van der Waals surface area contributed by atoms with Crippen LogP contribution in [-0.4, -0.2) is 35.9 Å². The largest absolute Gasteiger partial charge is 0.573 e. The number of hydrogen-bond acceptors (Lipinski definition) is 3. The number of amides is 1. The highest BCUT2D eigenvalue weighted by Gasteiger charge is 2.39. The van der Waals surface area contributed by atoms with Crippen LogP contribution in [0.4, 0.5) is 13.2 Å². The summed E-state index contributed by atoms with van der Waals surface area (Å²) in [6.07, 6.45) is -1.04. The normalized spacial score (nSPS) is 25.1. The van der Waals surface area contributed by atoms with E-state index in [0.29, 0.717) is 24.9 Å². The third kappa shape index (κ3) is 4.01. The first-order valence-corrected chi connectivity index (χ1v) is 8.12. The van der Waals surface area contributed by atoms with E-state index in [9.17, 15) is 18.0 Å². The molecule has 24 heavy (non-hydrogen) atoms. The number of benzene rings is 1. The maximum Gasteiger partial charge on any atom is 0.573 e. The molecule has 1 atom stereocenters. The van der Waals surface area contributed by atoms with Crippen LogP contribution in [0.1, 0.15) is 37.7 Å². The van der Waals surface area contributed by atoms with Crippen molar-refractivity contribution in [2.24, 2.45) is 0 Å². The summed E-state index contributed by atoms with van der Waals surface area (Å²) in [5.74, 6) is -0.307. The van der Waals surface area contributed by atoms with Crippen molar-refractivity contribution in [2.45, 2.75) is 50.6 Å². The second kappa shape index (κ2) is 6.63. The summed E-state index contributed by atoms with van der Waals surface area (Å²) in [6, 6.07) is 5.95. The molecule has 2 saturated heterocycles. The molecule has 0 radical (unpaired) electrons. The lowest BCUT2D eigenvalue weighted by Crippen LogP contribution is -2.32. The van der Waals surface area contributed by atoms with Crippen molar-refractivity contribution in [3.8, 4) is 5.75 Å². The lowest BCUT2D eigenvalue weighted by molar-refractivity contribution is -0.275. The lowest BCUT2D eigenvalue weighted by Gasteiger charge is -2.27. The smallest absolute Gasteiger partial charge is 0.405 e. The summed E-state index contributed by atoms with van der Waals surface area (Å²) in [6.45, 7) is 1.32. The van der Waals surface area contributed by atoms with Gasteiger partial charge in [0.2, 0.25) is 5.91 Å². The Bertz CT molecular complexity index is 597. The molecule has 0 unspecified atom stereocenters. The Morgan fingerprint density at radius 2 is 2.00 bits per heavy atom. The van der Waals surface area contributed by atoms with E-state index in [1.807, 2.05) is 0 Å². The Morgan fingerprint density at radius 3 is 2.71 bits per heavy atom. The molecule has 4 nitrogen and oxygen atoms in total. The highest BCUT2D eigenvalue weighted by Crippen LogP contribution is 2.36. The Morgan fingerprint density at radius 1 is 1.21 bits per heavy atom. The molecule has 2 aliphatic rings. The molecule has 0 aliphatic carbocycles. The quantitative estimate of drug-likeness (QED) is 0.841. The number of alkyl halides is 3. The van der Waals surface area contributed by atoms with Crippen molar-refractivity contribution in [3.63, 3.8) is 0 Å². The number of nitrogens with zero attached hydrogens (tertiary/aromatic N) is 1. The van der Waals surface area contributed by atoms with Gasteiger partial charge in [-0.25, -0.2) is 0 Å². The van der Waals surface area contributed by atoms with Crippen LogP contribution in [0.15, 0.2) is 24.3 Å². The number of likely N-dealkylation sites (tertiary alicyclic amines) is 1. The number of rotatable bonds is 3.